The molecule has 6 heteroatoms. The molecule has 0 heterocycles. The molecule has 150 valence electrons. The Kier molecular flexibility index (Phi) is 63.2. The predicted octanol–water partition coefficient (Wildman–Crippen LogP) is 9.11. The Morgan fingerprint density at radius 2 is 0.864 bits per heavy atom. The van der Waals surface area contributed by atoms with Crippen LogP contribution in [0.3, 0.4) is 0 Å². The van der Waals surface area contributed by atoms with E-state index in [1.807, 2.05) is 0 Å². The van der Waals surface area contributed by atoms with E-state index in [9.17, 15) is 0 Å². The summed E-state index contributed by atoms with van der Waals surface area (Å²) >= 11 is 1.51. The number of halogens is 4. The van der Waals surface area contributed by atoms with Crippen LogP contribution in [0.4, 0.5) is 0 Å². The summed E-state index contributed by atoms with van der Waals surface area (Å²) < 4.78 is 0. The summed E-state index contributed by atoms with van der Waals surface area (Å²) in [5.74, 6) is 0. The molecule has 0 N–H and O–H groups in total. The quantitative estimate of drug-likeness (QED) is 0.161. The number of hydrogen-bond acceptors (Lipinski definition) is 0. The van der Waals surface area contributed by atoms with Gasteiger partial charge in [-0.1, -0.05) is 66.2 Å². The predicted molar refractivity (Wildman–Crippen MR) is 101 cm³/mol. The van der Waals surface area contributed by atoms with Crippen molar-refractivity contribution in [3.63, 3.8) is 0 Å². The average molecular weight is 495 g/mol. The molecule has 0 aromatic heterocycles. The van der Waals surface area contributed by atoms with Crippen LogP contribution in [0.5, 0.6) is 0 Å². The minimum atomic E-state index is 0.757. The molecule has 0 aliphatic carbocycles. The second-order valence-electron chi connectivity index (χ2n) is 4.47. The maximum atomic E-state index is 4.67. The normalized spacial score (nSPS) is 9.09. The molecule has 22 heavy (non-hydrogen) atoms. The fourth-order valence-corrected chi connectivity index (χ4v) is 1.50. The fourth-order valence-electron chi connectivity index (χ4n) is 1.50. The molecule has 0 unspecified atom stereocenters. The van der Waals surface area contributed by atoms with Crippen LogP contribution in [0.25, 0.3) is 0 Å². The first-order chi connectivity index (χ1) is 10.7. The van der Waals surface area contributed by atoms with E-state index in [1.165, 1.54) is 64.2 Å². The van der Waals surface area contributed by atoms with Crippen molar-refractivity contribution >= 4 is 40.4 Å². The molecule has 0 saturated carbocycles. The van der Waals surface area contributed by atoms with Gasteiger partial charge in [0.1, 0.15) is 0 Å². The van der Waals surface area contributed by atoms with Gasteiger partial charge in [-0.25, -0.2) is 12.8 Å². The molecular weight excluding hydrogens is 461 g/mol. The van der Waals surface area contributed by atoms with Crippen molar-refractivity contribution in [2.45, 2.75) is 91.9 Å². The number of unbranched alkanes of at least 4 members (excludes halogenated alkanes) is 10. The van der Waals surface area contributed by atoms with Crippen molar-refractivity contribution in [3.05, 3.63) is 12.8 Å². The minimum absolute atomic E-state index is 0.757. The van der Waals surface area contributed by atoms with E-state index in [4.69, 9.17) is 0 Å². The van der Waals surface area contributed by atoms with E-state index in [2.05, 4.69) is 80.9 Å². The van der Waals surface area contributed by atoms with E-state index in [0.717, 1.165) is 26.3 Å². The van der Waals surface area contributed by atoms with Gasteiger partial charge in [0.05, 0.1) is 0 Å². The van der Waals surface area contributed by atoms with Gasteiger partial charge in [0, 0.05) is 0 Å². The monoisotopic (exact) mass is 492 g/mol. The SMILES string of the molecule is CCCCCCCC.CC[CH-]CC[CH-]CC.[Cl][Cu][Cl].[Cl][Cu][Cl]. The zero-order chi connectivity index (χ0) is 17.9. The molecule has 0 aliphatic rings. The van der Waals surface area contributed by atoms with Gasteiger partial charge in [0.25, 0.3) is 0 Å². The molecule has 0 aromatic rings. The summed E-state index contributed by atoms with van der Waals surface area (Å²) in [5.41, 5.74) is 0. The van der Waals surface area contributed by atoms with Crippen molar-refractivity contribution in [3.8, 4) is 0 Å². The van der Waals surface area contributed by atoms with E-state index >= 15 is 0 Å². The van der Waals surface area contributed by atoms with Crippen molar-refractivity contribution in [2.75, 3.05) is 0 Å². The molecular formula is C16H34Cl4Cu2-2. The van der Waals surface area contributed by atoms with Gasteiger partial charge in [0.15, 0.2) is 0 Å². The second-order valence-corrected chi connectivity index (χ2v) is 7.58. The first-order valence-electron chi connectivity index (χ1n) is 7.92. The van der Waals surface area contributed by atoms with Crippen LogP contribution in [-0.4, -0.2) is 0 Å². The Bertz CT molecular complexity index is 105. The van der Waals surface area contributed by atoms with E-state index < -0.39 is 0 Å². The third kappa shape index (κ3) is 67.0. The zero-order valence-corrected chi connectivity index (χ0v) is 19.2. The van der Waals surface area contributed by atoms with Crippen molar-refractivity contribution < 1.29 is 26.3 Å². The van der Waals surface area contributed by atoms with Gasteiger partial charge < -0.3 is 12.8 Å². The first-order valence-corrected chi connectivity index (χ1v) is 13.1. The van der Waals surface area contributed by atoms with E-state index in [0.29, 0.717) is 0 Å². The van der Waals surface area contributed by atoms with Crippen LogP contribution >= 0.6 is 40.4 Å². The third-order valence-corrected chi connectivity index (χ3v) is 2.61. The van der Waals surface area contributed by atoms with E-state index in [-0.39, 0.29) is 0 Å². The van der Waals surface area contributed by atoms with Crippen molar-refractivity contribution in [1.29, 1.82) is 0 Å². The first kappa shape index (κ1) is 31.9. The number of hydrogen-bond donors (Lipinski definition) is 0. The third-order valence-electron chi connectivity index (χ3n) is 2.61. The molecule has 0 saturated heterocycles. The average Bonchev–Trinajstić information content (AvgIpc) is 2.51. The molecule has 0 amide bonds. The summed E-state index contributed by atoms with van der Waals surface area (Å²) in [4.78, 5) is 0. The molecule has 0 rings (SSSR count). The van der Waals surface area contributed by atoms with Crippen LogP contribution in [0, 0.1) is 12.8 Å². The summed E-state index contributed by atoms with van der Waals surface area (Å²) in [7, 11) is 18.7. The maximum absolute atomic E-state index is 4.67. The van der Waals surface area contributed by atoms with Gasteiger partial charge in [-0.15, -0.1) is 0 Å². The Balaban J connectivity index is -0.000000109. The van der Waals surface area contributed by atoms with Crippen LogP contribution in [-0.2, 0) is 26.3 Å². The van der Waals surface area contributed by atoms with Crippen molar-refractivity contribution in [2.24, 2.45) is 0 Å². The standard InChI is InChI=1S/C8H18.C8H16.4ClH.2Cu/c2*1-3-5-7-8-6-4-2;;;;;;/h3-8H2,1-2H3;5-6H,3-4,7-8H2,1-2H3;4*1H;;/q;-2;;;;;2*+2/p-4. The second kappa shape index (κ2) is 43.6. The van der Waals surface area contributed by atoms with Gasteiger partial charge in [-0.2, -0.15) is 12.8 Å². The molecule has 0 fully saturated rings. The Hall–Kier alpha value is 2.20. The molecule has 0 spiro atoms. The van der Waals surface area contributed by atoms with Crippen LogP contribution in [0.2, 0.25) is 0 Å². The van der Waals surface area contributed by atoms with Crippen LogP contribution < -0.4 is 0 Å². The van der Waals surface area contributed by atoms with Crippen LogP contribution in [0.1, 0.15) is 91.9 Å². The summed E-state index contributed by atoms with van der Waals surface area (Å²) in [6, 6.07) is 0. The van der Waals surface area contributed by atoms with Crippen LogP contribution in [0.15, 0.2) is 0 Å². The molecule has 0 nitrogen and oxygen atoms in total. The van der Waals surface area contributed by atoms with Crippen molar-refractivity contribution in [1.82, 2.24) is 0 Å². The summed E-state index contributed by atoms with van der Waals surface area (Å²) in [5, 5.41) is 0. The molecule has 0 aromatic carbocycles. The van der Waals surface area contributed by atoms with Gasteiger partial charge in [0.2, 0.25) is 0 Å². The van der Waals surface area contributed by atoms with Gasteiger partial charge in [-0.05, 0) is 0 Å². The topological polar surface area (TPSA) is 0 Å². The van der Waals surface area contributed by atoms with Gasteiger partial charge >= 0.3 is 66.7 Å². The van der Waals surface area contributed by atoms with Gasteiger partial charge in [-0.3, -0.25) is 0 Å². The molecule has 0 aliphatic heterocycles. The van der Waals surface area contributed by atoms with E-state index in [1.54, 1.807) is 0 Å². The zero-order valence-electron chi connectivity index (χ0n) is 14.3. The molecule has 0 radical (unpaired) electrons. The molecule has 0 atom stereocenters. The summed E-state index contributed by atoms with van der Waals surface area (Å²) in [6.07, 6.45) is 18.1. The fraction of sp³-hybridized carbons (Fsp3) is 0.875. The Labute approximate surface area is 170 Å². The summed E-state index contributed by atoms with van der Waals surface area (Å²) in [6.45, 7) is 8.88. The Morgan fingerprint density at radius 3 is 1.05 bits per heavy atom. The number of rotatable bonds is 10. The molecule has 0 bridgehead atoms. The Morgan fingerprint density at radius 1 is 0.591 bits per heavy atom.